The molecule has 0 atom stereocenters. The number of nitrogens with zero attached hydrogens (tertiary/aromatic N) is 1. The molecule has 0 saturated carbocycles. The Labute approximate surface area is 166 Å². The van der Waals surface area contributed by atoms with Crippen molar-refractivity contribution in [1.82, 2.24) is 4.90 Å². The molecule has 0 aliphatic carbocycles. The van der Waals surface area contributed by atoms with Crippen LogP contribution in [-0.2, 0) is 0 Å². The fraction of sp³-hybridized carbons (Fsp3) is 0.316. The number of hydrogen-bond acceptors (Lipinski definition) is 4. The van der Waals surface area contributed by atoms with Gasteiger partial charge >= 0.3 is 0 Å². The molecule has 0 N–H and O–H groups in total. The lowest BCUT2D eigenvalue weighted by Crippen LogP contribution is -2.30. The minimum atomic E-state index is -0.173. The number of carbonyl (C=O) groups excluding carboxylic acids is 1. The molecule has 0 fully saturated rings. The Kier molecular flexibility index (Phi) is 7.60. The number of methoxy groups -OCH3 is 1. The molecule has 0 unspecified atom stereocenters. The predicted molar refractivity (Wildman–Crippen MR) is 106 cm³/mol. The summed E-state index contributed by atoms with van der Waals surface area (Å²) in [5.74, 6) is 1.45. The average molecular weight is 443 g/mol. The molecule has 7 heteroatoms. The summed E-state index contributed by atoms with van der Waals surface area (Å²) in [7, 11) is 3.22. The van der Waals surface area contributed by atoms with Crippen molar-refractivity contribution in [2.24, 2.45) is 0 Å². The third-order valence-corrected chi connectivity index (χ3v) is 4.43. The van der Waals surface area contributed by atoms with E-state index >= 15 is 0 Å². The minimum Gasteiger partial charge on any atom is -0.493 e. The zero-order valence-electron chi connectivity index (χ0n) is 14.9. The second-order valence-corrected chi connectivity index (χ2v) is 6.77. The van der Waals surface area contributed by atoms with Gasteiger partial charge in [-0.3, -0.25) is 4.79 Å². The third-order valence-electron chi connectivity index (χ3n) is 3.62. The van der Waals surface area contributed by atoms with Crippen molar-refractivity contribution < 1.29 is 19.0 Å². The monoisotopic (exact) mass is 441 g/mol. The van der Waals surface area contributed by atoms with Crippen LogP contribution in [0.1, 0.15) is 17.3 Å². The van der Waals surface area contributed by atoms with Crippen molar-refractivity contribution in [3.05, 3.63) is 51.5 Å². The van der Waals surface area contributed by atoms with Gasteiger partial charge in [0.15, 0.2) is 11.5 Å². The van der Waals surface area contributed by atoms with Crippen molar-refractivity contribution >= 4 is 33.4 Å². The van der Waals surface area contributed by atoms with E-state index in [1.165, 1.54) is 7.11 Å². The molecule has 0 aliphatic heterocycles. The van der Waals surface area contributed by atoms with Crippen LogP contribution in [0.25, 0.3) is 0 Å². The quantitative estimate of drug-likeness (QED) is 0.596. The van der Waals surface area contributed by atoms with E-state index in [1.54, 1.807) is 24.1 Å². The van der Waals surface area contributed by atoms with Crippen LogP contribution in [0.3, 0.4) is 0 Å². The Morgan fingerprint density at radius 1 is 1.19 bits per heavy atom. The van der Waals surface area contributed by atoms with E-state index < -0.39 is 0 Å². The first-order chi connectivity index (χ1) is 12.5. The first-order valence-corrected chi connectivity index (χ1v) is 9.27. The summed E-state index contributed by atoms with van der Waals surface area (Å²) in [5, 5.41) is 0.342. The number of amides is 1. The van der Waals surface area contributed by atoms with Gasteiger partial charge in [0.25, 0.3) is 5.91 Å². The van der Waals surface area contributed by atoms with Crippen LogP contribution < -0.4 is 14.2 Å². The van der Waals surface area contributed by atoms with Crippen LogP contribution in [0.5, 0.6) is 17.2 Å². The van der Waals surface area contributed by atoms with Gasteiger partial charge in [-0.25, -0.2) is 0 Å². The van der Waals surface area contributed by atoms with Gasteiger partial charge in [-0.2, -0.15) is 0 Å². The molecule has 0 radical (unpaired) electrons. The predicted octanol–water partition coefficient (Wildman–Crippen LogP) is 4.66. The maximum Gasteiger partial charge on any atom is 0.253 e. The first kappa shape index (κ1) is 20.4. The first-order valence-electron chi connectivity index (χ1n) is 8.10. The summed E-state index contributed by atoms with van der Waals surface area (Å²) in [6.45, 7) is 3.12. The van der Waals surface area contributed by atoms with Crippen molar-refractivity contribution in [1.29, 1.82) is 0 Å². The lowest BCUT2D eigenvalue weighted by atomic mass is 10.1. The summed E-state index contributed by atoms with van der Waals surface area (Å²) in [4.78, 5) is 14.2. The lowest BCUT2D eigenvalue weighted by molar-refractivity contribution is 0.0773. The van der Waals surface area contributed by atoms with Crippen molar-refractivity contribution in [2.75, 3.05) is 33.9 Å². The van der Waals surface area contributed by atoms with Gasteiger partial charge < -0.3 is 19.1 Å². The maximum atomic E-state index is 12.6. The Morgan fingerprint density at radius 3 is 2.50 bits per heavy atom. The molecule has 0 heterocycles. The van der Waals surface area contributed by atoms with E-state index in [9.17, 15) is 4.79 Å². The number of rotatable bonds is 8. The van der Waals surface area contributed by atoms with Crippen LogP contribution in [0, 0.1) is 0 Å². The molecule has 26 heavy (non-hydrogen) atoms. The number of carbonyl (C=O) groups is 1. The normalized spacial score (nSPS) is 10.3. The zero-order valence-corrected chi connectivity index (χ0v) is 17.3. The fourth-order valence-electron chi connectivity index (χ4n) is 2.28. The summed E-state index contributed by atoms with van der Waals surface area (Å²) >= 11 is 9.61. The van der Waals surface area contributed by atoms with Crippen LogP contribution in [0.2, 0.25) is 5.02 Å². The number of ether oxygens (including phenoxy) is 3. The molecular formula is C19H21BrClNO4. The highest BCUT2D eigenvalue weighted by atomic mass is 79.9. The molecular weight excluding hydrogens is 422 g/mol. The number of halogens is 2. The van der Waals surface area contributed by atoms with Crippen LogP contribution in [0.15, 0.2) is 40.9 Å². The highest BCUT2D eigenvalue weighted by molar-refractivity contribution is 9.10. The number of likely N-dealkylation sites (N-methyl/N-ethyl adjacent to an activating group) is 1. The summed E-state index contributed by atoms with van der Waals surface area (Å²) < 4.78 is 17.4. The van der Waals surface area contributed by atoms with E-state index in [0.717, 1.165) is 10.2 Å². The largest absolute Gasteiger partial charge is 0.493 e. The van der Waals surface area contributed by atoms with Crippen LogP contribution in [0.4, 0.5) is 0 Å². The molecule has 0 bridgehead atoms. The smallest absolute Gasteiger partial charge is 0.253 e. The fourth-order valence-corrected chi connectivity index (χ4v) is 2.81. The lowest BCUT2D eigenvalue weighted by Gasteiger charge is -2.19. The Balaban J connectivity index is 2.00. The Morgan fingerprint density at radius 2 is 1.88 bits per heavy atom. The molecule has 5 nitrogen and oxygen atoms in total. The standard InChI is InChI=1S/C19H21BrClNO4/c1-4-25-18-16(21)11-13(12-17(18)24-3)19(23)22(2)9-10-26-15-7-5-14(20)6-8-15/h5-8,11-12H,4,9-10H2,1-3H3. The SMILES string of the molecule is CCOc1c(Cl)cc(C(=O)N(C)CCOc2ccc(Br)cc2)cc1OC. The Bertz CT molecular complexity index is 752. The van der Waals surface area contributed by atoms with E-state index in [2.05, 4.69) is 15.9 Å². The van der Waals surface area contributed by atoms with E-state index in [1.807, 2.05) is 31.2 Å². The Hall–Kier alpha value is -1.92. The molecule has 140 valence electrons. The van der Waals surface area contributed by atoms with E-state index in [-0.39, 0.29) is 5.91 Å². The van der Waals surface area contributed by atoms with Crippen molar-refractivity contribution in [3.8, 4) is 17.2 Å². The highest BCUT2D eigenvalue weighted by Crippen LogP contribution is 2.36. The van der Waals surface area contributed by atoms with Gasteiger partial charge in [0.2, 0.25) is 0 Å². The highest BCUT2D eigenvalue weighted by Gasteiger charge is 2.18. The van der Waals surface area contributed by atoms with Gasteiger partial charge in [-0.05, 0) is 43.3 Å². The topological polar surface area (TPSA) is 48.0 Å². The molecule has 0 saturated heterocycles. The minimum absolute atomic E-state index is 0.173. The second-order valence-electron chi connectivity index (χ2n) is 5.45. The molecule has 0 aromatic heterocycles. The summed E-state index contributed by atoms with van der Waals surface area (Å²) in [5.41, 5.74) is 0.432. The summed E-state index contributed by atoms with van der Waals surface area (Å²) in [6.07, 6.45) is 0. The zero-order chi connectivity index (χ0) is 19.1. The van der Waals surface area contributed by atoms with Crippen molar-refractivity contribution in [3.63, 3.8) is 0 Å². The number of benzene rings is 2. The van der Waals surface area contributed by atoms with Gasteiger partial charge in [0.1, 0.15) is 12.4 Å². The van der Waals surface area contributed by atoms with Crippen molar-refractivity contribution in [2.45, 2.75) is 6.92 Å². The van der Waals surface area contributed by atoms with E-state index in [0.29, 0.717) is 41.8 Å². The summed E-state index contributed by atoms with van der Waals surface area (Å²) in [6, 6.07) is 10.7. The van der Waals surface area contributed by atoms with E-state index in [4.69, 9.17) is 25.8 Å². The molecule has 2 aromatic carbocycles. The molecule has 0 spiro atoms. The van der Waals surface area contributed by atoms with Crippen LogP contribution in [-0.4, -0.2) is 44.7 Å². The number of hydrogen-bond donors (Lipinski definition) is 0. The van der Waals surface area contributed by atoms with Gasteiger partial charge in [-0.1, -0.05) is 27.5 Å². The average Bonchev–Trinajstić information content (AvgIpc) is 2.64. The third kappa shape index (κ3) is 5.29. The molecule has 2 rings (SSSR count). The van der Waals surface area contributed by atoms with Gasteiger partial charge in [0.05, 0.1) is 25.3 Å². The second kappa shape index (κ2) is 9.69. The molecule has 0 aliphatic rings. The molecule has 2 aromatic rings. The molecule has 1 amide bonds. The van der Waals surface area contributed by atoms with Crippen LogP contribution >= 0.6 is 27.5 Å². The van der Waals surface area contributed by atoms with Gasteiger partial charge in [0, 0.05) is 17.1 Å². The maximum absolute atomic E-state index is 12.6. The van der Waals surface area contributed by atoms with Gasteiger partial charge in [-0.15, -0.1) is 0 Å².